The second-order valence-electron chi connectivity index (χ2n) is 19.5. The summed E-state index contributed by atoms with van der Waals surface area (Å²) in [6.07, 6.45) is 4.52. The van der Waals surface area contributed by atoms with Gasteiger partial charge >= 0.3 is 0 Å². The largest absolute Gasteiger partial charge is 0.370 e. The normalized spacial score (nSPS) is 23.9. The van der Waals surface area contributed by atoms with Crippen LogP contribution in [0.15, 0.2) is 90.1 Å². The zero-order valence-electron chi connectivity index (χ0n) is 42.4. The standard InChI is InChI=1S/C54H71ClN12O8/c1-2-3-18-45(68)62-44-31-46(69)59-27-10-9-16-40(47(56)70)63-50(73)43(30-36-32-61-39-15-8-7-14-38(36)39)65-48(71)41(17-11-28-60-53(57)58)64-49(72)42(29-33-12-5-4-6-13-33)66-52(75)54(67-51(44)74)25-23-35(24-26-54)34-19-21-37(55)22-20-34/h4-8,12-15,19-22,32,35,40-44,61H,2-3,9-11,16-18,23-31H2,1H3,(H2,56,70)(H,59,69)(H,62,68)(H,63,73)(H,64,72)(H,65,71)(H,66,75)(H,67,74)(H4,57,58,60)/t35?,40-,41-,42+,43-,44-,54?/m0/s1. The highest BCUT2D eigenvalue weighted by atomic mass is 35.5. The molecule has 2 aliphatic rings. The maximum Gasteiger partial charge on any atom is 0.246 e. The monoisotopic (exact) mass is 1050 g/mol. The van der Waals surface area contributed by atoms with Gasteiger partial charge in [0.25, 0.3) is 0 Å². The number of nitrogens with one attached hydrogen (secondary N) is 8. The summed E-state index contributed by atoms with van der Waals surface area (Å²) in [4.78, 5) is 121. The van der Waals surface area contributed by atoms with E-state index in [1.165, 1.54) is 0 Å². The van der Waals surface area contributed by atoms with Gasteiger partial charge in [-0.2, -0.15) is 0 Å². The molecule has 402 valence electrons. The van der Waals surface area contributed by atoms with E-state index >= 15 is 4.79 Å². The summed E-state index contributed by atoms with van der Waals surface area (Å²) in [6, 6.07) is 17.2. The van der Waals surface area contributed by atoms with Gasteiger partial charge in [-0.3, -0.25) is 43.3 Å². The number of carbonyl (C=O) groups excluding carboxylic acids is 8. The molecule has 4 aromatic rings. The zero-order valence-corrected chi connectivity index (χ0v) is 43.1. The number of nitrogens with two attached hydrogens (primary N) is 3. The lowest BCUT2D eigenvalue weighted by Crippen LogP contribution is -2.66. The molecule has 20 nitrogen and oxygen atoms in total. The van der Waals surface area contributed by atoms with Crippen LogP contribution in [0.4, 0.5) is 0 Å². The van der Waals surface area contributed by atoms with Gasteiger partial charge in [0.05, 0.1) is 6.42 Å². The first kappa shape index (κ1) is 56.8. The summed E-state index contributed by atoms with van der Waals surface area (Å²) in [5, 5.41) is 21.2. The summed E-state index contributed by atoms with van der Waals surface area (Å²) in [7, 11) is 0. The van der Waals surface area contributed by atoms with Crippen molar-refractivity contribution in [3.63, 3.8) is 0 Å². The number of fused-ring (bicyclic) bond motifs is 1. The third-order valence-electron chi connectivity index (χ3n) is 13.9. The molecule has 6 rings (SSSR count). The van der Waals surface area contributed by atoms with Crippen LogP contribution in [0.3, 0.4) is 0 Å². The van der Waals surface area contributed by atoms with E-state index in [4.69, 9.17) is 28.8 Å². The minimum Gasteiger partial charge on any atom is -0.370 e. The molecule has 0 radical (unpaired) electrons. The molecule has 3 aromatic carbocycles. The Hall–Kier alpha value is -7.48. The quantitative estimate of drug-likeness (QED) is 0.0498. The van der Waals surface area contributed by atoms with Crippen molar-refractivity contribution in [3.05, 3.63) is 107 Å². The van der Waals surface area contributed by atoms with Gasteiger partial charge in [-0.25, -0.2) is 0 Å². The maximum absolute atomic E-state index is 15.2. The molecule has 0 bridgehead atoms. The van der Waals surface area contributed by atoms with Crippen LogP contribution in [0.5, 0.6) is 0 Å². The molecule has 5 atom stereocenters. The molecule has 1 aliphatic heterocycles. The number of aromatic amines is 1. The molecule has 1 saturated heterocycles. The second-order valence-corrected chi connectivity index (χ2v) is 19.9. The highest BCUT2D eigenvalue weighted by molar-refractivity contribution is 6.30. The van der Waals surface area contributed by atoms with Crippen molar-refractivity contribution in [3.8, 4) is 0 Å². The molecule has 2 fully saturated rings. The Labute approximate surface area is 441 Å². The number of primary amides is 1. The number of rotatable bonds is 14. The smallest absolute Gasteiger partial charge is 0.246 e. The zero-order chi connectivity index (χ0) is 53.9. The minimum absolute atomic E-state index is 0.0180. The van der Waals surface area contributed by atoms with Gasteiger partial charge in [0.15, 0.2) is 5.96 Å². The molecule has 2 heterocycles. The Kier molecular flexibility index (Phi) is 21.0. The van der Waals surface area contributed by atoms with E-state index in [2.05, 4.69) is 47.2 Å². The van der Waals surface area contributed by atoms with Crippen molar-refractivity contribution in [1.82, 2.24) is 42.2 Å². The number of amides is 8. The van der Waals surface area contributed by atoms with Gasteiger partial charge in [-0.1, -0.05) is 85.6 Å². The third kappa shape index (κ3) is 16.8. The number of hydrogen-bond donors (Lipinski definition) is 11. The molecule has 1 aromatic heterocycles. The van der Waals surface area contributed by atoms with Gasteiger partial charge < -0.3 is 59.4 Å². The Morgan fingerprint density at radius 2 is 1.41 bits per heavy atom. The second kappa shape index (κ2) is 27.7. The van der Waals surface area contributed by atoms with Crippen LogP contribution in [-0.4, -0.2) is 107 Å². The molecule has 8 amide bonds. The Bertz CT molecular complexity index is 2650. The first-order chi connectivity index (χ1) is 36.0. The lowest BCUT2D eigenvalue weighted by Gasteiger charge is -2.41. The molecular formula is C54H71ClN12O8. The van der Waals surface area contributed by atoms with Gasteiger partial charge in [-0.05, 0) is 105 Å². The summed E-state index contributed by atoms with van der Waals surface area (Å²) in [6.45, 7) is 2.12. The number of benzene rings is 3. The first-order valence-corrected chi connectivity index (χ1v) is 26.2. The van der Waals surface area contributed by atoms with Crippen molar-refractivity contribution in [2.45, 2.75) is 145 Å². The van der Waals surface area contributed by atoms with Crippen molar-refractivity contribution < 1.29 is 38.4 Å². The molecule has 21 heteroatoms. The molecule has 0 unspecified atom stereocenters. The molecule has 1 spiro atoms. The van der Waals surface area contributed by atoms with E-state index in [9.17, 15) is 33.6 Å². The number of guanidine groups is 1. The van der Waals surface area contributed by atoms with Crippen LogP contribution in [0.25, 0.3) is 10.9 Å². The number of halogens is 1. The summed E-state index contributed by atoms with van der Waals surface area (Å²) in [5.74, 6) is -5.71. The summed E-state index contributed by atoms with van der Waals surface area (Å²) in [5.41, 5.74) is 18.5. The third-order valence-corrected chi connectivity index (χ3v) is 14.1. The maximum atomic E-state index is 15.2. The number of H-pyrrole nitrogens is 1. The Balaban J connectivity index is 1.39. The van der Waals surface area contributed by atoms with E-state index in [0.717, 1.165) is 16.5 Å². The van der Waals surface area contributed by atoms with Crippen LogP contribution in [0.1, 0.15) is 113 Å². The van der Waals surface area contributed by atoms with Gasteiger partial charge in [0.2, 0.25) is 47.3 Å². The molecule has 1 saturated carbocycles. The molecule has 75 heavy (non-hydrogen) atoms. The van der Waals surface area contributed by atoms with Crippen molar-refractivity contribution in [1.29, 1.82) is 0 Å². The fourth-order valence-corrected chi connectivity index (χ4v) is 9.77. The topological polar surface area (TPSA) is 327 Å². The minimum atomic E-state index is -1.63. The average Bonchev–Trinajstić information content (AvgIpc) is 3.80. The van der Waals surface area contributed by atoms with E-state index in [1.807, 2.05) is 43.3 Å². The summed E-state index contributed by atoms with van der Waals surface area (Å²) >= 11 is 6.23. The predicted octanol–water partition coefficient (Wildman–Crippen LogP) is 2.66. The van der Waals surface area contributed by atoms with E-state index < -0.39 is 89.4 Å². The van der Waals surface area contributed by atoms with Crippen molar-refractivity contribution >= 4 is 75.7 Å². The highest BCUT2D eigenvalue weighted by Crippen LogP contribution is 2.39. The van der Waals surface area contributed by atoms with Crippen LogP contribution >= 0.6 is 11.6 Å². The fraction of sp³-hybridized carbons (Fsp3) is 0.463. The molecule has 1 aliphatic carbocycles. The number of carbonyl (C=O) groups is 8. The molecule has 14 N–H and O–H groups in total. The Morgan fingerprint density at radius 1 is 0.747 bits per heavy atom. The van der Waals surface area contributed by atoms with Gasteiger partial charge in [0.1, 0.15) is 35.7 Å². The van der Waals surface area contributed by atoms with Crippen LogP contribution < -0.4 is 54.4 Å². The fourth-order valence-electron chi connectivity index (χ4n) is 9.64. The summed E-state index contributed by atoms with van der Waals surface area (Å²) < 4.78 is 0. The van der Waals surface area contributed by atoms with Gasteiger partial charge in [0, 0.05) is 54.5 Å². The van der Waals surface area contributed by atoms with Crippen LogP contribution in [0.2, 0.25) is 5.02 Å². The van der Waals surface area contributed by atoms with Crippen molar-refractivity contribution in [2.75, 3.05) is 13.1 Å². The lowest BCUT2D eigenvalue weighted by atomic mass is 9.73. The highest BCUT2D eigenvalue weighted by Gasteiger charge is 2.46. The number of nitrogens with zero attached hydrogens (tertiary/aromatic N) is 1. The van der Waals surface area contributed by atoms with Gasteiger partial charge in [-0.15, -0.1) is 0 Å². The predicted molar refractivity (Wildman–Crippen MR) is 285 cm³/mol. The van der Waals surface area contributed by atoms with Crippen molar-refractivity contribution in [2.24, 2.45) is 22.2 Å². The molecular weight excluding hydrogens is 980 g/mol. The number of unbranched alkanes of at least 4 members (excludes halogenated alkanes) is 1. The number of para-hydroxylation sites is 1. The van der Waals surface area contributed by atoms with E-state index in [1.54, 1.807) is 48.7 Å². The Morgan fingerprint density at radius 3 is 2.12 bits per heavy atom. The van der Waals surface area contributed by atoms with E-state index in [0.29, 0.717) is 54.7 Å². The average molecular weight is 1050 g/mol. The van der Waals surface area contributed by atoms with Crippen LogP contribution in [0, 0.1) is 0 Å². The van der Waals surface area contributed by atoms with Crippen LogP contribution in [-0.2, 0) is 51.2 Å². The number of aliphatic imine (C=N–C) groups is 1. The SMILES string of the molecule is CCCCC(=O)N[C@H]1CC(=O)NCCCC[C@@H](C(N)=O)NC(=O)[C@H](Cc2c[nH]c3ccccc23)NC(=O)[C@H](CCCN=C(N)N)NC(=O)[C@@H](Cc2ccccc2)NC(=O)C2(CCC(c3ccc(Cl)cc3)CC2)NC1=O. The lowest BCUT2D eigenvalue weighted by molar-refractivity contribution is -0.140. The van der Waals surface area contributed by atoms with E-state index in [-0.39, 0.29) is 76.3 Å². The number of hydrogen-bond acceptors (Lipinski definition) is 9. The number of aromatic nitrogens is 1. The first-order valence-electron chi connectivity index (χ1n) is 25.8.